The van der Waals surface area contributed by atoms with Gasteiger partial charge in [0.15, 0.2) is 0 Å². The van der Waals surface area contributed by atoms with Gasteiger partial charge in [0.05, 0.1) is 22.4 Å². The topological polar surface area (TPSA) is 80.9 Å². The molecule has 0 fully saturated rings. The summed E-state index contributed by atoms with van der Waals surface area (Å²) in [5.74, 6) is 0. The first-order valence-electron chi connectivity index (χ1n) is 6.39. The third-order valence-electron chi connectivity index (χ3n) is 2.99. The molecule has 0 atom stereocenters. The van der Waals surface area contributed by atoms with Crippen molar-refractivity contribution >= 4 is 0 Å². The Balaban J connectivity index is -0.000000219. The molecule has 0 amide bonds. The SMILES string of the molecule is CC.CC(C)(O)C(C)(C)O.CC(C)(O)C(C)(C)O. The Kier molecular flexibility index (Phi) is 9.49. The van der Waals surface area contributed by atoms with Gasteiger partial charge in [-0.2, -0.15) is 0 Å². The van der Waals surface area contributed by atoms with E-state index >= 15 is 0 Å². The Bertz CT molecular complexity index is 148. The lowest BCUT2D eigenvalue weighted by molar-refractivity contribution is -0.107. The molecule has 114 valence electrons. The standard InChI is InChI=1S/2C6H14O2.C2H6/c2*1-5(2,7)6(3,4)8;1-2/h2*7-8H,1-4H3;1-2H3. The smallest absolute Gasteiger partial charge is 0.0872 e. The molecule has 0 bridgehead atoms. The van der Waals surface area contributed by atoms with Gasteiger partial charge in [0.2, 0.25) is 0 Å². The predicted octanol–water partition coefficient (Wildman–Crippen LogP) is 2.08. The van der Waals surface area contributed by atoms with E-state index in [0.29, 0.717) is 0 Å². The Morgan fingerprint density at radius 2 is 0.444 bits per heavy atom. The quantitative estimate of drug-likeness (QED) is 0.617. The van der Waals surface area contributed by atoms with Crippen LogP contribution in [0, 0.1) is 0 Å². The first kappa shape index (κ1) is 23.0. The van der Waals surface area contributed by atoms with Crippen molar-refractivity contribution in [3.8, 4) is 0 Å². The normalized spacial score (nSPS) is 13.0. The van der Waals surface area contributed by atoms with Gasteiger partial charge in [-0.05, 0) is 55.4 Å². The van der Waals surface area contributed by atoms with Crippen LogP contribution >= 0.6 is 0 Å². The van der Waals surface area contributed by atoms with Crippen LogP contribution in [0.3, 0.4) is 0 Å². The van der Waals surface area contributed by atoms with Gasteiger partial charge in [-0.15, -0.1) is 0 Å². The lowest BCUT2D eigenvalue weighted by atomic mass is 9.90. The average molecular weight is 266 g/mol. The second-order valence-electron chi connectivity index (χ2n) is 6.24. The van der Waals surface area contributed by atoms with Gasteiger partial charge in [0.25, 0.3) is 0 Å². The summed E-state index contributed by atoms with van der Waals surface area (Å²) in [6.07, 6.45) is 0. The van der Waals surface area contributed by atoms with Crippen LogP contribution in [0.4, 0.5) is 0 Å². The Hall–Kier alpha value is -0.160. The van der Waals surface area contributed by atoms with Crippen LogP contribution in [0.25, 0.3) is 0 Å². The summed E-state index contributed by atoms with van der Waals surface area (Å²) in [7, 11) is 0. The predicted molar refractivity (Wildman–Crippen MR) is 76.5 cm³/mol. The number of rotatable bonds is 2. The molecular weight excluding hydrogens is 232 g/mol. The Morgan fingerprint density at radius 1 is 0.389 bits per heavy atom. The number of hydrogen-bond acceptors (Lipinski definition) is 4. The number of aliphatic hydroxyl groups is 4. The Morgan fingerprint density at radius 3 is 0.444 bits per heavy atom. The van der Waals surface area contributed by atoms with Crippen molar-refractivity contribution < 1.29 is 20.4 Å². The monoisotopic (exact) mass is 266 g/mol. The molecule has 0 aliphatic rings. The van der Waals surface area contributed by atoms with E-state index < -0.39 is 22.4 Å². The van der Waals surface area contributed by atoms with Gasteiger partial charge in [0.1, 0.15) is 0 Å². The zero-order chi connectivity index (χ0) is 16.0. The molecule has 18 heavy (non-hydrogen) atoms. The summed E-state index contributed by atoms with van der Waals surface area (Å²) in [6, 6.07) is 0. The van der Waals surface area contributed by atoms with Gasteiger partial charge in [0, 0.05) is 0 Å². The maximum absolute atomic E-state index is 9.10. The van der Waals surface area contributed by atoms with Gasteiger partial charge >= 0.3 is 0 Å². The lowest BCUT2D eigenvalue weighted by Gasteiger charge is -2.31. The number of hydrogen-bond donors (Lipinski definition) is 4. The van der Waals surface area contributed by atoms with Crippen LogP contribution in [0.5, 0.6) is 0 Å². The first-order valence-corrected chi connectivity index (χ1v) is 6.39. The minimum atomic E-state index is -1.01. The molecule has 0 aromatic rings. The van der Waals surface area contributed by atoms with Crippen LogP contribution < -0.4 is 0 Å². The molecule has 0 heterocycles. The molecule has 4 N–H and O–H groups in total. The van der Waals surface area contributed by atoms with E-state index in [1.807, 2.05) is 13.8 Å². The molecule has 0 aromatic carbocycles. The fourth-order valence-corrected chi connectivity index (χ4v) is 0. The molecule has 0 rings (SSSR count). The molecule has 0 aliphatic carbocycles. The summed E-state index contributed by atoms with van der Waals surface area (Å²) in [6.45, 7) is 16.6. The minimum Gasteiger partial charge on any atom is -0.387 e. The van der Waals surface area contributed by atoms with E-state index in [0.717, 1.165) is 0 Å². The minimum absolute atomic E-state index is 1.01. The molecular formula is C14H34O4. The molecule has 4 nitrogen and oxygen atoms in total. The fraction of sp³-hybridized carbons (Fsp3) is 1.00. The third kappa shape index (κ3) is 11.0. The van der Waals surface area contributed by atoms with Crippen LogP contribution in [0.2, 0.25) is 0 Å². The molecule has 0 saturated carbocycles. The van der Waals surface area contributed by atoms with Gasteiger partial charge in [-0.25, -0.2) is 0 Å². The largest absolute Gasteiger partial charge is 0.387 e. The van der Waals surface area contributed by atoms with E-state index in [2.05, 4.69) is 0 Å². The van der Waals surface area contributed by atoms with Crippen molar-refractivity contribution in [3.05, 3.63) is 0 Å². The highest BCUT2D eigenvalue weighted by Gasteiger charge is 2.32. The summed E-state index contributed by atoms with van der Waals surface area (Å²) >= 11 is 0. The molecule has 0 radical (unpaired) electrons. The highest BCUT2D eigenvalue weighted by Crippen LogP contribution is 2.19. The highest BCUT2D eigenvalue weighted by atomic mass is 16.4. The van der Waals surface area contributed by atoms with Crippen LogP contribution in [-0.2, 0) is 0 Å². The maximum Gasteiger partial charge on any atom is 0.0872 e. The van der Waals surface area contributed by atoms with Gasteiger partial charge in [-0.1, -0.05) is 13.8 Å². The second-order valence-corrected chi connectivity index (χ2v) is 6.24. The summed E-state index contributed by atoms with van der Waals surface area (Å²) < 4.78 is 0. The van der Waals surface area contributed by atoms with Crippen LogP contribution in [0.1, 0.15) is 69.2 Å². The second kappa shape index (κ2) is 7.43. The summed E-state index contributed by atoms with van der Waals surface area (Å²) in [4.78, 5) is 0. The third-order valence-corrected chi connectivity index (χ3v) is 2.99. The van der Waals surface area contributed by atoms with Crippen molar-refractivity contribution in [2.24, 2.45) is 0 Å². The van der Waals surface area contributed by atoms with Crippen molar-refractivity contribution in [1.29, 1.82) is 0 Å². The highest BCUT2D eigenvalue weighted by molar-refractivity contribution is 4.85. The van der Waals surface area contributed by atoms with Gasteiger partial charge in [-0.3, -0.25) is 0 Å². The summed E-state index contributed by atoms with van der Waals surface area (Å²) in [5, 5.41) is 36.4. The van der Waals surface area contributed by atoms with E-state index in [1.54, 1.807) is 55.4 Å². The maximum atomic E-state index is 9.10. The lowest BCUT2D eigenvalue weighted by Crippen LogP contribution is -2.44. The van der Waals surface area contributed by atoms with E-state index in [9.17, 15) is 0 Å². The zero-order valence-corrected chi connectivity index (χ0v) is 13.8. The molecule has 0 saturated heterocycles. The fourth-order valence-electron chi connectivity index (χ4n) is 0. The molecule has 4 heteroatoms. The molecule has 0 unspecified atom stereocenters. The first-order chi connectivity index (χ1) is 7.50. The van der Waals surface area contributed by atoms with Gasteiger partial charge < -0.3 is 20.4 Å². The van der Waals surface area contributed by atoms with E-state index in [1.165, 1.54) is 0 Å². The van der Waals surface area contributed by atoms with E-state index in [-0.39, 0.29) is 0 Å². The van der Waals surface area contributed by atoms with Crippen molar-refractivity contribution in [2.75, 3.05) is 0 Å². The van der Waals surface area contributed by atoms with Crippen molar-refractivity contribution in [1.82, 2.24) is 0 Å². The Labute approximate surface area is 113 Å². The molecule has 0 aromatic heterocycles. The molecule has 0 spiro atoms. The average Bonchev–Trinajstić information content (AvgIpc) is 2.01. The van der Waals surface area contributed by atoms with Crippen LogP contribution in [0.15, 0.2) is 0 Å². The van der Waals surface area contributed by atoms with E-state index in [4.69, 9.17) is 20.4 Å². The van der Waals surface area contributed by atoms with Crippen molar-refractivity contribution in [3.63, 3.8) is 0 Å². The zero-order valence-electron chi connectivity index (χ0n) is 13.8. The van der Waals surface area contributed by atoms with Crippen LogP contribution in [-0.4, -0.2) is 42.8 Å². The summed E-state index contributed by atoms with van der Waals surface area (Å²) in [5.41, 5.74) is -4.03. The van der Waals surface area contributed by atoms with Crippen molar-refractivity contribution in [2.45, 2.75) is 91.6 Å². The molecule has 0 aliphatic heterocycles.